The van der Waals surface area contributed by atoms with Crippen molar-refractivity contribution in [3.63, 3.8) is 0 Å². The second kappa shape index (κ2) is 7.71. The molecule has 0 spiro atoms. The highest BCUT2D eigenvalue weighted by atomic mass is 35.5. The number of nitrogens with zero attached hydrogens (tertiary/aromatic N) is 1. The number of hydrogen-bond acceptors (Lipinski definition) is 3. The Labute approximate surface area is 124 Å². The predicted octanol–water partition coefficient (Wildman–Crippen LogP) is 4.13. The highest BCUT2D eigenvalue weighted by Crippen LogP contribution is 2.31. The van der Waals surface area contributed by atoms with Gasteiger partial charge in [0.25, 0.3) is 0 Å². The molecule has 112 valence electrons. The second-order valence-electron chi connectivity index (χ2n) is 3.87. The highest BCUT2D eigenvalue weighted by Gasteiger charge is 2.30. The molecule has 2 rings (SSSR count). The van der Waals surface area contributed by atoms with E-state index in [1.54, 1.807) is 6.07 Å². The fourth-order valence-electron chi connectivity index (χ4n) is 1.70. The molecule has 0 aliphatic carbocycles. The monoisotopic (exact) mass is 329 g/mol. The molecular weight excluding hydrogens is 318 g/mol. The van der Waals surface area contributed by atoms with Crippen LogP contribution in [0, 0.1) is 0 Å². The first-order valence-corrected chi connectivity index (χ1v) is 6.41. The number of carbonyl (C=O) groups is 1. The maximum Gasteiger partial charge on any atom is 0.416 e. The maximum atomic E-state index is 12.5. The third-order valence-corrected chi connectivity index (χ3v) is 2.55. The van der Waals surface area contributed by atoms with Gasteiger partial charge in [0.1, 0.15) is 0 Å². The van der Waals surface area contributed by atoms with E-state index in [4.69, 9.17) is 9.53 Å². The lowest BCUT2D eigenvalue weighted by molar-refractivity contribution is -0.137. The van der Waals surface area contributed by atoms with Crippen molar-refractivity contribution < 1.29 is 22.7 Å². The molecule has 20 heavy (non-hydrogen) atoms. The summed E-state index contributed by atoms with van der Waals surface area (Å²) in [6.07, 6.45) is -4.28. The summed E-state index contributed by atoms with van der Waals surface area (Å²) in [6.45, 7) is 2.41. The standard InChI is InChI=1S/C11H12F3NO.CCl2O/c12-11(13,14)9-2-1-3-10(8-9)15-4-6-16-7-5-15;2-1(3)4/h1-3,8H,4-7H2;. The smallest absolute Gasteiger partial charge is 0.378 e. The van der Waals surface area contributed by atoms with Gasteiger partial charge >= 0.3 is 10.9 Å². The second-order valence-corrected chi connectivity index (χ2v) is 4.75. The van der Waals surface area contributed by atoms with Crippen molar-refractivity contribution in [3.8, 4) is 0 Å². The van der Waals surface area contributed by atoms with Crippen LogP contribution in [-0.2, 0) is 10.9 Å². The van der Waals surface area contributed by atoms with Crippen LogP contribution in [0.25, 0.3) is 0 Å². The Morgan fingerprint density at radius 2 is 1.75 bits per heavy atom. The summed E-state index contributed by atoms with van der Waals surface area (Å²) < 4.78 is 41.7. The molecule has 0 N–H and O–H groups in total. The van der Waals surface area contributed by atoms with Crippen LogP contribution in [0.15, 0.2) is 24.3 Å². The molecule has 1 aliphatic rings. The van der Waals surface area contributed by atoms with Crippen LogP contribution in [0.4, 0.5) is 23.7 Å². The zero-order valence-corrected chi connectivity index (χ0v) is 11.8. The Morgan fingerprint density at radius 3 is 2.25 bits per heavy atom. The molecule has 1 aliphatic heterocycles. The number of benzene rings is 1. The molecule has 1 heterocycles. The van der Waals surface area contributed by atoms with Gasteiger partial charge in [0, 0.05) is 18.8 Å². The van der Waals surface area contributed by atoms with Gasteiger partial charge in [-0.2, -0.15) is 13.2 Å². The fraction of sp³-hybridized carbons (Fsp3) is 0.417. The zero-order chi connectivity index (χ0) is 15.2. The average molecular weight is 330 g/mol. The van der Waals surface area contributed by atoms with Gasteiger partial charge in [0.2, 0.25) is 0 Å². The summed E-state index contributed by atoms with van der Waals surface area (Å²) in [5.41, 5.74) is 0.00890. The number of hydrogen-bond donors (Lipinski definition) is 0. The van der Waals surface area contributed by atoms with Crippen molar-refractivity contribution >= 4 is 33.6 Å². The molecule has 1 fully saturated rings. The van der Waals surface area contributed by atoms with Gasteiger partial charge in [-0.15, -0.1) is 0 Å². The molecule has 1 aromatic carbocycles. The Bertz CT molecular complexity index is 445. The first-order valence-electron chi connectivity index (χ1n) is 5.65. The van der Waals surface area contributed by atoms with Crippen LogP contribution in [0.2, 0.25) is 0 Å². The average Bonchev–Trinajstić information content (AvgIpc) is 2.38. The van der Waals surface area contributed by atoms with Crippen LogP contribution in [0.3, 0.4) is 0 Å². The molecule has 0 aromatic heterocycles. The predicted molar refractivity (Wildman–Crippen MR) is 71.6 cm³/mol. The van der Waals surface area contributed by atoms with Gasteiger partial charge < -0.3 is 9.64 Å². The van der Waals surface area contributed by atoms with Crippen LogP contribution in [0.5, 0.6) is 0 Å². The largest absolute Gasteiger partial charge is 0.416 e. The Morgan fingerprint density at radius 1 is 1.20 bits per heavy atom. The van der Waals surface area contributed by atoms with Crippen molar-refractivity contribution in [3.05, 3.63) is 29.8 Å². The summed E-state index contributed by atoms with van der Waals surface area (Å²) in [7, 11) is 0. The van der Waals surface area contributed by atoms with Crippen LogP contribution >= 0.6 is 23.2 Å². The maximum absolute atomic E-state index is 12.5. The van der Waals surface area contributed by atoms with E-state index in [1.165, 1.54) is 12.1 Å². The van der Waals surface area contributed by atoms with Gasteiger partial charge in [0.15, 0.2) is 0 Å². The van der Waals surface area contributed by atoms with E-state index in [2.05, 4.69) is 23.2 Å². The van der Waals surface area contributed by atoms with Crippen LogP contribution in [-0.4, -0.2) is 31.0 Å². The van der Waals surface area contributed by atoms with Crippen LogP contribution in [0.1, 0.15) is 5.56 Å². The number of anilines is 1. The number of alkyl halides is 3. The minimum absolute atomic E-state index is 0.566. The van der Waals surface area contributed by atoms with Crippen LogP contribution < -0.4 is 4.90 Å². The molecule has 1 saturated heterocycles. The molecular formula is C12H12Cl2F3NO2. The quantitative estimate of drug-likeness (QED) is 0.725. The van der Waals surface area contributed by atoms with Gasteiger partial charge in [-0.1, -0.05) is 6.07 Å². The zero-order valence-electron chi connectivity index (χ0n) is 10.3. The van der Waals surface area contributed by atoms with E-state index in [0.29, 0.717) is 32.0 Å². The summed E-state index contributed by atoms with van der Waals surface area (Å²) in [6, 6.07) is 5.41. The van der Waals surface area contributed by atoms with Crippen molar-refractivity contribution in [2.24, 2.45) is 0 Å². The van der Waals surface area contributed by atoms with E-state index < -0.39 is 16.4 Å². The molecule has 0 radical (unpaired) electrons. The molecule has 0 bridgehead atoms. The minimum Gasteiger partial charge on any atom is -0.378 e. The molecule has 0 atom stereocenters. The number of rotatable bonds is 1. The Hall–Kier alpha value is -0.980. The Balaban J connectivity index is 0.000000444. The first-order chi connectivity index (χ1) is 9.30. The summed E-state index contributed by atoms with van der Waals surface area (Å²) >= 11 is 8.80. The molecule has 1 aromatic rings. The third-order valence-electron chi connectivity index (χ3n) is 2.55. The van der Waals surface area contributed by atoms with E-state index in [1.807, 2.05) is 4.90 Å². The molecule has 8 heteroatoms. The van der Waals surface area contributed by atoms with Gasteiger partial charge in [-0.25, -0.2) is 0 Å². The molecule has 0 unspecified atom stereocenters. The lowest BCUT2D eigenvalue weighted by Crippen LogP contribution is -2.36. The summed E-state index contributed by atoms with van der Waals surface area (Å²) in [5.74, 6) is 0. The molecule has 3 nitrogen and oxygen atoms in total. The minimum atomic E-state index is -4.28. The lowest BCUT2D eigenvalue weighted by Gasteiger charge is -2.29. The molecule has 0 amide bonds. The van der Waals surface area contributed by atoms with Crippen molar-refractivity contribution in [1.82, 2.24) is 0 Å². The van der Waals surface area contributed by atoms with E-state index in [0.717, 1.165) is 6.07 Å². The van der Waals surface area contributed by atoms with Crippen molar-refractivity contribution in [1.29, 1.82) is 0 Å². The number of ether oxygens (including phenoxy) is 1. The lowest BCUT2D eigenvalue weighted by atomic mass is 10.1. The fourth-order valence-corrected chi connectivity index (χ4v) is 1.70. The summed E-state index contributed by atoms with van der Waals surface area (Å²) in [4.78, 5) is 10.9. The SMILES string of the molecule is FC(F)(F)c1cccc(N2CCOCC2)c1.O=C(Cl)Cl. The van der Waals surface area contributed by atoms with E-state index in [-0.39, 0.29) is 0 Å². The van der Waals surface area contributed by atoms with Crippen molar-refractivity contribution in [2.45, 2.75) is 6.18 Å². The van der Waals surface area contributed by atoms with Crippen molar-refractivity contribution in [2.75, 3.05) is 31.2 Å². The van der Waals surface area contributed by atoms with E-state index in [9.17, 15) is 13.2 Å². The highest BCUT2D eigenvalue weighted by molar-refractivity contribution is 6.93. The number of carbonyl (C=O) groups excluding carboxylic acids is 1. The van der Waals surface area contributed by atoms with Gasteiger partial charge in [-0.3, -0.25) is 4.79 Å². The molecule has 0 saturated carbocycles. The normalized spacial score (nSPS) is 15.3. The first kappa shape index (κ1) is 17.1. The van der Waals surface area contributed by atoms with Gasteiger partial charge in [-0.05, 0) is 41.4 Å². The van der Waals surface area contributed by atoms with Gasteiger partial charge in [0.05, 0.1) is 18.8 Å². The third kappa shape index (κ3) is 5.98. The van der Waals surface area contributed by atoms with E-state index >= 15 is 0 Å². The number of halogens is 5. The summed E-state index contributed by atoms with van der Waals surface area (Å²) in [5, 5.41) is 0. The number of morpholine rings is 1. The Kier molecular flexibility index (Phi) is 6.58. The topological polar surface area (TPSA) is 29.5 Å².